The SMILES string of the molecule is O=P(O)(O)CCCC1OC(n2cnc3c(NCc4ccc5ccccc5c4)nc(Cl)nc32)C(O)C1O. The highest BCUT2D eigenvalue weighted by molar-refractivity contribution is 7.51. The van der Waals surface area contributed by atoms with E-state index in [4.69, 9.17) is 26.1 Å². The fraction of sp³-hybridized carbons (Fsp3) is 0.348. The van der Waals surface area contributed by atoms with Crippen LogP contribution in [-0.2, 0) is 15.8 Å². The Bertz CT molecular complexity index is 1450. The first kappa shape index (κ1) is 25.0. The first-order valence-electron chi connectivity index (χ1n) is 11.4. The van der Waals surface area contributed by atoms with Gasteiger partial charge in [0.25, 0.3) is 0 Å². The van der Waals surface area contributed by atoms with Gasteiger partial charge in [-0.2, -0.15) is 9.97 Å². The van der Waals surface area contributed by atoms with Gasteiger partial charge in [-0.25, -0.2) is 4.98 Å². The lowest BCUT2D eigenvalue weighted by molar-refractivity contribution is -0.0370. The molecule has 4 aromatic rings. The first-order valence-corrected chi connectivity index (χ1v) is 13.5. The van der Waals surface area contributed by atoms with Crippen molar-refractivity contribution in [2.24, 2.45) is 0 Å². The van der Waals surface area contributed by atoms with Crippen LogP contribution in [0.3, 0.4) is 0 Å². The summed E-state index contributed by atoms with van der Waals surface area (Å²) in [4.78, 5) is 31.0. The fourth-order valence-corrected chi connectivity index (χ4v) is 5.19. The Morgan fingerprint density at radius 2 is 1.86 bits per heavy atom. The second-order valence-electron chi connectivity index (χ2n) is 8.78. The Balaban J connectivity index is 1.35. The summed E-state index contributed by atoms with van der Waals surface area (Å²) in [6.07, 6.45) is -2.97. The zero-order chi connectivity index (χ0) is 25.4. The normalized spacial score (nSPS) is 22.5. The third-order valence-corrected chi connectivity index (χ3v) is 7.29. The molecule has 3 heterocycles. The van der Waals surface area contributed by atoms with Crippen molar-refractivity contribution in [2.75, 3.05) is 11.5 Å². The molecule has 0 saturated carbocycles. The summed E-state index contributed by atoms with van der Waals surface area (Å²) >= 11 is 6.19. The van der Waals surface area contributed by atoms with Crippen molar-refractivity contribution < 1.29 is 29.3 Å². The van der Waals surface area contributed by atoms with E-state index in [1.54, 1.807) is 0 Å². The molecule has 4 atom stereocenters. The van der Waals surface area contributed by atoms with Gasteiger partial charge in [0.2, 0.25) is 5.28 Å². The molecule has 11 nitrogen and oxygen atoms in total. The van der Waals surface area contributed by atoms with Gasteiger partial charge >= 0.3 is 7.60 Å². The van der Waals surface area contributed by atoms with Crippen LogP contribution in [0.4, 0.5) is 5.82 Å². The van der Waals surface area contributed by atoms with Crippen molar-refractivity contribution in [3.05, 3.63) is 59.6 Å². The molecule has 1 fully saturated rings. The maximum atomic E-state index is 11.1. The lowest BCUT2D eigenvalue weighted by atomic mass is 10.1. The number of fused-ring (bicyclic) bond motifs is 2. The van der Waals surface area contributed by atoms with Crippen LogP contribution in [-0.4, -0.2) is 64.0 Å². The van der Waals surface area contributed by atoms with Gasteiger partial charge in [0, 0.05) is 12.7 Å². The number of hydrogen-bond donors (Lipinski definition) is 5. The van der Waals surface area contributed by atoms with Crippen LogP contribution in [0.15, 0.2) is 48.8 Å². The molecule has 0 spiro atoms. The minimum atomic E-state index is -4.16. The van der Waals surface area contributed by atoms with Gasteiger partial charge in [0.05, 0.1) is 12.4 Å². The molecule has 4 unspecified atom stereocenters. The number of aromatic nitrogens is 4. The Morgan fingerprint density at radius 1 is 1.08 bits per heavy atom. The largest absolute Gasteiger partial charge is 0.388 e. The summed E-state index contributed by atoms with van der Waals surface area (Å²) < 4.78 is 18.4. The van der Waals surface area contributed by atoms with Gasteiger partial charge in [0.1, 0.15) is 12.2 Å². The zero-order valence-corrected chi connectivity index (χ0v) is 20.6. The summed E-state index contributed by atoms with van der Waals surface area (Å²) in [5.74, 6) is 0.406. The van der Waals surface area contributed by atoms with Crippen molar-refractivity contribution in [3.8, 4) is 0 Å². The molecule has 1 aliphatic rings. The quantitative estimate of drug-likeness (QED) is 0.168. The van der Waals surface area contributed by atoms with Crippen molar-refractivity contribution in [3.63, 3.8) is 0 Å². The van der Waals surface area contributed by atoms with Crippen molar-refractivity contribution in [2.45, 2.75) is 43.9 Å². The third kappa shape index (κ3) is 5.23. The van der Waals surface area contributed by atoms with E-state index in [1.807, 2.05) is 36.4 Å². The van der Waals surface area contributed by atoms with Gasteiger partial charge in [-0.05, 0) is 46.8 Å². The van der Waals surface area contributed by atoms with E-state index in [0.717, 1.165) is 16.3 Å². The van der Waals surface area contributed by atoms with E-state index < -0.39 is 32.1 Å². The van der Waals surface area contributed by atoms with Gasteiger partial charge in [-0.15, -0.1) is 0 Å². The smallest absolute Gasteiger partial charge is 0.325 e. The zero-order valence-electron chi connectivity index (χ0n) is 19.0. The number of halogens is 1. The van der Waals surface area contributed by atoms with E-state index >= 15 is 0 Å². The third-order valence-electron chi connectivity index (χ3n) is 6.22. The summed E-state index contributed by atoms with van der Waals surface area (Å²) in [6, 6.07) is 14.2. The predicted octanol–water partition coefficient (Wildman–Crippen LogP) is 2.82. The second-order valence-corrected chi connectivity index (χ2v) is 10.9. The molecule has 36 heavy (non-hydrogen) atoms. The Morgan fingerprint density at radius 3 is 2.64 bits per heavy atom. The van der Waals surface area contributed by atoms with E-state index in [-0.39, 0.29) is 24.3 Å². The van der Waals surface area contributed by atoms with E-state index in [0.29, 0.717) is 23.5 Å². The number of benzene rings is 2. The summed E-state index contributed by atoms with van der Waals surface area (Å²) in [5.41, 5.74) is 1.75. The molecule has 0 radical (unpaired) electrons. The number of hydrogen-bond acceptors (Lipinski definition) is 8. The molecule has 0 aliphatic carbocycles. The fourth-order valence-electron chi connectivity index (χ4n) is 4.43. The minimum Gasteiger partial charge on any atom is -0.388 e. The number of nitrogens with zero attached hydrogens (tertiary/aromatic N) is 4. The molecule has 2 aromatic heterocycles. The molecule has 1 aliphatic heterocycles. The van der Waals surface area contributed by atoms with E-state index in [9.17, 15) is 14.8 Å². The van der Waals surface area contributed by atoms with Crippen LogP contribution in [0, 0.1) is 0 Å². The molecule has 190 valence electrons. The van der Waals surface area contributed by atoms with Gasteiger partial charge in [-0.3, -0.25) is 9.13 Å². The molecule has 0 amide bonds. The molecule has 13 heteroatoms. The van der Waals surface area contributed by atoms with Gasteiger partial charge in [0.15, 0.2) is 23.2 Å². The minimum absolute atomic E-state index is 0.0310. The average molecular weight is 534 g/mol. The number of anilines is 1. The molecular formula is C23H25ClN5O6P. The number of aliphatic hydroxyl groups excluding tert-OH is 2. The van der Waals surface area contributed by atoms with E-state index in [1.165, 1.54) is 10.9 Å². The van der Waals surface area contributed by atoms with E-state index in [2.05, 4.69) is 26.3 Å². The number of rotatable bonds is 8. The molecule has 0 bridgehead atoms. The number of imidazole rings is 1. The molecule has 2 aromatic carbocycles. The van der Waals surface area contributed by atoms with Crippen LogP contribution in [0.5, 0.6) is 0 Å². The summed E-state index contributed by atoms with van der Waals surface area (Å²) in [6.45, 7) is 0.461. The predicted molar refractivity (Wildman–Crippen MR) is 134 cm³/mol. The maximum Gasteiger partial charge on any atom is 0.325 e. The highest BCUT2D eigenvalue weighted by Crippen LogP contribution is 2.38. The van der Waals surface area contributed by atoms with Crippen molar-refractivity contribution in [1.82, 2.24) is 19.5 Å². The Kier molecular flexibility index (Phi) is 6.97. The van der Waals surface area contributed by atoms with Crippen LogP contribution in [0.2, 0.25) is 5.28 Å². The Labute approximate surface area is 210 Å². The highest BCUT2D eigenvalue weighted by Gasteiger charge is 2.44. The molecular weight excluding hydrogens is 509 g/mol. The van der Waals surface area contributed by atoms with Crippen molar-refractivity contribution >= 4 is 47.0 Å². The molecule has 5 rings (SSSR count). The van der Waals surface area contributed by atoms with Crippen LogP contribution in [0.25, 0.3) is 21.9 Å². The lowest BCUT2D eigenvalue weighted by Crippen LogP contribution is -2.31. The Hall–Kier alpha value is -2.63. The maximum absolute atomic E-state index is 11.1. The summed E-state index contributed by atoms with van der Waals surface area (Å²) in [7, 11) is -4.16. The first-order chi connectivity index (χ1) is 17.2. The number of ether oxygens (including phenoxy) is 1. The topological polar surface area (TPSA) is 163 Å². The summed E-state index contributed by atoms with van der Waals surface area (Å²) in [5, 5.41) is 26.6. The monoisotopic (exact) mass is 533 g/mol. The number of aliphatic hydroxyl groups is 2. The average Bonchev–Trinajstić information content (AvgIpc) is 3.37. The van der Waals surface area contributed by atoms with Crippen LogP contribution < -0.4 is 5.32 Å². The molecule has 5 N–H and O–H groups in total. The van der Waals surface area contributed by atoms with Crippen LogP contribution in [0.1, 0.15) is 24.6 Å². The van der Waals surface area contributed by atoms with Crippen LogP contribution >= 0.6 is 19.2 Å². The standard InChI is InChI=1S/C23H25ClN5O6P/c24-23-27-20(25-11-13-7-8-14-4-1-2-5-15(14)10-13)17-21(28-23)29(12-26-17)22-19(31)18(30)16(35-22)6-3-9-36(32,33)34/h1-2,4-5,7-8,10,12,16,18-19,22,30-31H,3,6,9,11H2,(H,25,27,28)(H2,32,33,34). The van der Waals surface area contributed by atoms with Gasteiger partial charge < -0.3 is 30.1 Å². The second kappa shape index (κ2) is 10.0. The lowest BCUT2D eigenvalue weighted by Gasteiger charge is -2.17. The van der Waals surface area contributed by atoms with Gasteiger partial charge in [-0.1, -0.05) is 36.4 Å². The highest BCUT2D eigenvalue weighted by atomic mass is 35.5. The molecule has 1 saturated heterocycles. The number of nitrogens with one attached hydrogen (secondary N) is 1. The van der Waals surface area contributed by atoms with Crippen molar-refractivity contribution in [1.29, 1.82) is 0 Å².